The number of hydrazine groups is 1. The van der Waals surface area contributed by atoms with E-state index in [4.69, 9.17) is 0 Å². The molecule has 4 nitrogen and oxygen atoms in total. The van der Waals surface area contributed by atoms with Gasteiger partial charge >= 0.3 is 6.18 Å². The topological polar surface area (TPSA) is 53.2 Å². The highest BCUT2D eigenvalue weighted by Crippen LogP contribution is 2.32. The molecule has 1 aromatic rings. The van der Waals surface area contributed by atoms with Gasteiger partial charge in [-0.15, -0.1) is 0 Å². The molecule has 1 saturated heterocycles. The van der Waals surface area contributed by atoms with Crippen LogP contribution in [0.25, 0.3) is 0 Å². The van der Waals surface area contributed by atoms with E-state index >= 15 is 0 Å². The lowest BCUT2D eigenvalue weighted by atomic mass is 9.80. The molecule has 144 valence electrons. The maximum absolute atomic E-state index is 12.7. The first-order chi connectivity index (χ1) is 12.4. The zero-order valence-corrected chi connectivity index (χ0v) is 14.7. The Kier molecular flexibility index (Phi) is 6.19. The fourth-order valence-corrected chi connectivity index (χ4v) is 4.05. The van der Waals surface area contributed by atoms with Gasteiger partial charge in [0, 0.05) is 25.0 Å². The summed E-state index contributed by atoms with van der Waals surface area (Å²) in [6, 6.07) is 6.11. The summed E-state index contributed by atoms with van der Waals surface area (Å²) in [5, 5.41) is 2.82. The lowest BCUT2D eigenvalue weighted by molar-refractivity contribution is -0.137. The SMILES string of the molecule is O=C(CCC1NNC2CCCCC21)NCCc1cccc(C(F)(F)F)c1. The minimum Gasteiger partial charge on any atom is -0.356 e. The van der Waals surface area contributed by atoms with Crippen molar-refractivity contribution in [1.82, 2.24) is 16.2 Å². The maximum atomic E-state index is 12.7. The molecule has 3 N–H and O–H groups in total. The molecule has 0 radical (unpaired) electrons. The van der Waals surface area contributed by atoms with Crippen LogP contribution in [-0.2, 0) is 17.4 Å². The molecule has 1 heterocycles. The van der Waals surface area contributed by atoms with Gasteiger partial charge < -0.3 is 5.32 Å². The van der Waals surface area contributed by atoms with Gasteiger partial charge in [0.25, 0.3) is 0 Å². The predicted molar refractivity (Wildman–Crippen MR) is 93.2 cm³/mol. The van der Waals surface area contributed by atoms with Crippen LogP contribution in [-0.4, -0.2) is 24.5 Å². The number of hydrogen-bond donors (Lipinski definition) is 3. The molecule has 1 amide bonds. The van der Waals surface area contributed by atoms with Crippen LogP contribution in [0.3, 0.4) is 0 Å². The number of halogens is 3. The average Bonchev–Trinajstić information content (AvgIpc) is 3.03. The van der Waals surface area contributed by atoms with Gasteiger partial charge in [-0.1, -0.05) is 31.0 Å². The monoisotopic (exact) mass is 369 g/mol. The van der Waals surface area contributed by atoms with Crippen LogP contribution in [0.1, 0.15) is 49.7 Å². The van der Waals surface area contributed by atoms with Gasteiger partial charge in [0.2, 0.25) is 5.91 Å². The summed E-state index contributed by atoms with van der Waals surface area (Å²) in [6.45, 7) is 0.350. The van der Waals surface area contributed by atoms with E-state index in [-0.39, 0.29) is 5.91 Å². The minimum atomic E-state index is -4.33. The van der Waals surface area contributed by atoms with Crippen LogP contribution in [0.4, 0.5) is 13.2 Å². The Hall–Kier alpha value is -1.60. The standard InChI is InChI=1S/C19H26F3N3O/c20-19(21,22)14-5-3-4-13(12-14)10-11-23-18(26)9-8-17-15-6-1-2-7-16(15)24-25-17/h3-5,12,15-17,24-25H,1-2,6-11H2,(H,23,26). The van der Waals surface area contributed by atoms with Gasteiger partial charge in [0.1, 0.15) is 0 Å². The van der Waals surface area contributed by atoms with Crippen LogP contribution in [0.2, 0.25) is 0 Å². The van der Waals surface area contributed by atoms with Crippen molar-refractivity contribution in [2.75, 3.05) is 6.54 Å². The Morgan fingerprint density at radius 1 is 1.19 bits per heavy atom. The lowest BCUT2D eigenvalue weighted by Gasteiger charge is -2.27. The number of carbonyl (C=O) groups is 1. The number of benzene rings is 1. The molecule has 1 aliphatic heterocycles. The quantitative estimate of drug-likeness (QED) is 0.722. The van der Waals surface area contributed by atoms with Crippen molar-refractivity contribution in [3.05, 3.63) is 35.4 Å². The highest BCUT2D eigenvalue weighted by atomic mass is 19.4. The van der Waals surface area contributed by atoms with E-state index in [1.165, 1.54) is 31.7 Å². The second kappa shape index (κ2) is 8.39. The van der Waals surface area contributed by atoms with E-state index in [0.29, 0.717) is 43.0 Å². The third-order valence-corrected chi connectivity index (χ3v) is 5.46. The third kappa shape index (κ3) is 4.98. The Bertz CT molecular complexity index is 620. The number of carbonyl (C=O) groups excluding carboxylic acids is 1. The molecule has 0 aromatic heterocycles. The first kappa shape index (κ1) is 19.2. The van der Waals surface area contributed by atoms with Crippen molar-refractivity contribution < 1.29 is 18.0 Å². The molecule has 1 saturated carbocycles. The van der Waals surface area contributed by atoms with Gasteiger partial charge in [-0.2, -0.15) is 13.2 Å². The van der Waals surface area contributed by atoms with Gasteiger partial charge in [-0.3, -0.25) is 15.6 Å². The first-order valence-corrected chi connectivity index (χ1v) is 9.37. The minimum absolute atomic E-state index is 0.0435. The van der Waals surface area contributed by atoms with Gasteiger partial charge in [-0.25, -0.2) is 0 Å². The van der Waals surface area contributed by atoms with Crippen LogP contribution < -0.4 is 16.2 Å². The number of alkyl halides is 3. The Labute approximate surface area is 151 Å². The zero-order valence-electron chi connectivity index (χ0n) is 14.7. The molecule has 2 aliphatic rings. The normalized spacial score (nSPS) is 25.7. The average molecular weight is 369 g/mol. The number of fused-ring (bicyclic) bond motifs is 1. The van der Waals surface area contributed by atoms with E-state index in [1.54, 1.807) is 6.07 Å². The summed E-state index contributed by atoms with van der Waals surface area (Å²) >= 11 is 0. The van der Waals surface area contributed by atoms with Crippen LogP contribution >= 0.6 is 0 Å². The second-order valence-corrected chi connectivity index (χ2v) is 7.29. The first-order valence-electron chi connectivity index (χ1n) is 9.37. The Morgan fingerprint density at radius 3 is 2.81 bits per heavy atom. The highest BCUT2D eigenvalue weighted by molar-refractivity contribution is 5.75. The maximum Gasteiger partial charge on any atom is 0.416 e. The summed E-state index contributed by atoms with van der Waals surface area (Å²) < 4.78 is 38.1. The summed E-state index contributed by atoms with van der Waals surface area (Å²) in [5.74, 6) is 0.555. The molecule has 3 atom stereocenters. The van der Waals surface area contributed by atoms with E-state index < -0.39 is 11.7 Å². The molecule has 0 spiro atoms. The summed E-state index contributed by atoms with van der Waals surface area (Å²) in [4.78, 5) is 12.0. The van der Waals surface area contributed by atoms with E-state index in [2.05, 4.69) is 16.2 Å². The summed E-state index contributed by atoms with van der Waals surface area (Å²) in [5.41, 5.74) is 6.59. The van der Waals surface area contributed by atoms with Crippen molar-refractivity contribution in [3.63, 3.8) is 0 Å². The molecule has 2 fully saturated rings. The molecule has 7 heteroatoms. The molecule has 3 rings (SSSR count). The van der Waals surface area contributed by atoms with Crippen LogP contribution in [0.15, 0.2) is 24.3 Å². The Morgan fingerprint density at radius 2 is 2.00 bits per heavy atom. The highest BCUT2D eigenvalue weighted by Gasteiger charge is 2.36. The lowest BCUT2D eigenvalue weighted by Crippen LogP contribution is -2.34. The van der Waals surface area contributed by atoms with E-state index in [9.17, 15) is 18.0 Å². The zero-order chi connectivity index (χ0) is 18.6. The van der Waals surface area contributed by atoms with Crippen molar-refractivity contribution in [2.24, 2.45) is 5.92 Å². The van der Waals surface area contributed by atoms with Crippen molar-refractivity contribution in [2.45, 2.75) is 63.2 Å². The second-order valence-electron chi connectivity index (χ2n) is 7.29. The fourth-order valence-electron chi connectivity index (χ4n) is 4.05. The molecular weight excluding hydrogens is 343 g/mol. The van der Waals surface area contributed by atoms with Crippen LogP contribution in [0, 0.1) is 5.92 Å². The van der Waals surface area contributed by atoms with Crippen molar-refractivity contribution in [1.29, 1.82) is 0 Å². The molecule has 26 heavy (non-hydrogen) atoms. The molecular formula is C19H26F3N3O. The van der Waals surface area contributed by atoms with Crippen molar-refractivity contribution >= 4 is 5.91 Å². The number of amides is 1. The smallest absolute Gasteiger partial charge is 0.356 e. The molecule has 1 aromatic carbocycles. The molecule has 3 unspecified atom stereocenters. The van der Waals surface area contributed by atoms with Crippen LogP contribution in [0.5, 0.6) is 0 Å². The van der Waals surface area contributed by atoms with E-state index in [0.717, 1.165) is 18.6 Å². The van der Waals surface area contributed by atoms with E-state index in [1.807, 2.05) is 0 Å². The largest absolute Gasteiger partial charge is 0.416 e. The van der Waals surface area contributed by atoms with Gasteiger partial charge in [-0.05, 0) is 43.2 Å². The Balaban J connectivity index is 1.38. The summed E-state index contributed by atoms with van der Waals surface area (Å²) in [6.07, 6.45) is 2.18. The number of nitrogens with one attached hydrogen (secondary N) is 3. The predicted octanol–water partition coefficient (Wildman–Crippen LogP) is 3.18. The fraction of sp³-hybridized carbons (Fsp3) is 0.632. The summed E-state index contributed by atoms with van der Waals surface area (Å²) in [7, 11) is 0. The number of rotatable bonds is 6. The van der Waals surface area contributed by atoms with Gasteiger partial charge in [0.05, 0.1) is 5.56 Å². The molecule has 1 aliphatic carbocycles. The van der Waals surface area contributed by atoms with Gasteiger partial charge in [0.15, 0.2) is 0 Å². The number of hydrogen-bond acceptors (Lipinski definition) is 3. The third-order valence-electron chi connectivity index (χ3n) is 5.46. The molecule has 0 bridgehead atoms. The van der Waals surface area contributed by atoms with Crippen molar-refractivity contribution in [3.8, 4) is 0 Å².